The number of aromatic nitrogens is 2. The molecule has 9 heteroatoms. The van der Waals surface area contributed by atoms with Crippen molar-refractivity contribution < 1.29 is 14.2 Å². The Bertz CT molecular complexity index is 989. The quantitative estimate of drug-likeness (QED) is 0.241. The molecule has 1 aromatic heterocycles. The lowest BCUT2D eigenvalue weighted by molar-refractivity contribution is 0.332. The molecule has 0 aliphatic heterocycles. The van der Waals surface area contributed by atoms with Crippen LogP contribution in [0, 0.1) is 0 Å². The van der Waals surface area contributed by atoms with E-state index in [1.807, 2.05) is 68.6 Å². The van der Waals surface area contributed by atoms with Gasteiger partial charge in [-0.05, 0) is 56.3 Å². The summed E-state index contributed by atoms with van der Waals surface area (Å²) in [5.74, 6) is 2.48. The average Bonchev–Trinajstić information content (AvgIpc) is 3.24. The largest absolute Gasteiger partial charge is 0.497 e. The van der Waals surface area contributed by atoms with Crippen molar-refractivity contribution in [2.45, 2.75) is 20.4 Å². The van der Waals surface area contributed by atoms with Gasteiger partial charge in [0, 0.05) is 12.3 Å². The maximum absolute atomic E-state index is 6.09. The van der Waals surface area contributed by atoms with E-state index in [2.05, 4.69) is 15.4 Å². The highest BCUT2D eigenvalue weighted by Crippen LogP contribution is 2.29. The lowest BCUT2D eigenvalue weighted by Gasteiger charge is -2.13. The molecule has 0 saturated heterocycles. The number of hydrogen-bond donors (Lipinski definition) is 2. The standard InChI is InChI=1S/C22H27N5O3.HI/c1-4-29-19-10-11-21(30-5-2)20(14-19)25-22(23)24-15-16-12-13-27(26-16)17-6-8-18(28-3)9-7-17;/h6-14H,4-5,15H2,1-3H3,(H3,23,24,25);1H. The number of anilines is 1. The molecule has 3 rings (SSSR count). The van der Waals surface area contributed by atoms with Gasteiger partial charge in [-0.3, -0.25) is 0 Å². The molecule has 0 aliphatic rings. The van der Waals surface area contributed by atoms with Gasteiger partial charge < -0.3 is 25.3 Å². The second-order valence-corrected chi connectivity index (χ2v) is 6.30. The molecule has 0 saturated carbocycles. The molecule has 0 fully saturated rings. The fraction of sp³-hybridized carbons (Fsp3) is 0.273. The smallest absolute Gasteiger partial charge is 0.193 e. The number of hydrogen-bond acceptors (Lipinski definition) is 5. The Kier molecular flexibility index (Phi) is 9.44. The summed E-state index contributed by atoms with van der Waals surface area (Å²) in [7, 11) is 1.64. The van der Waals surface area contributed by atoms with Gasteiger partial charge in [-0.1, -0.05) is 0 Å². The third-order valence-electron chi connectivity index (χ3n) is 4.22. The first-order chi connectivity index (χ1) is 14.6. The zero-order valence-electron chi connectivity index (χ0n) is 17.9. The molecule has 0 aliphatic carbocycles. The van der Waals surface area contributed by atoms with Crippen LogP contribution in [0.1, 0.15) is 19.5 Å². The summed E-state index contributed by atoms with van der Waals surface area (Å²) in [6.45, 7) is 5.33. The van der Waals surface area contributed by atoms with Crippen LogP contribution in [0.2, 0.25) is 0 Å². The van der Waals surface area contributed by atoms with Crippen molar-refractivity contribution in [2.24, 2.45) is 10.7 Å². The van der Waals surface area contributed by atoms with Crippen molar-refractivity contribution in [3.63, 3.8) is 0 Å². The Morgan fingerprint density at radius 2 is 1.74 bits per heavy atom. The molecule has 0 radical (unpaired) electrons. The average molecular weight is 537 g/mol. The lowest BCUT2D eigenvalue weighted by Crippen LogP contribution is -2.23. The molecule has 8 nitrogen and oxygen atoms in total. The number of benzene rings is 2. The summed E-state index contributed by atoms with van der Waals surface area (Å²) in [5, 5.41) is 7.63. The number of nitrogens with two attached hydrogens (primary N) is 1. The van der Waals surface area contributed by atoms with Crippen molar-refractivity contribution >= 4 is 35.6 Å². The first-order valence-electron chi connectivity index (χ1n) is 9.78. The Morgan fingerprint density at radius 3 is 2.42 bits per heavy atom. The van der Waals surface area contributed by atoms with Crippen LogP contribution in [-0.2, 0) is 6.54 Å². The van der Waals surface area contributed by atoms with Gasteiger partial charge in [0.15, 0.2) is 5.96 Å². The van der Waals surface area contributed by atoms with E-state index >= 15 is 0 Å². The number of halogens is 1. The zero-order valence-corrected chi connectivity index (χ0v) is 20.2. The molecule has 2 aromatic carbocycles. The van der Waals surface area contributed by atoms with Gasteiger partial charge in [-0.25, -0.2) is 9.67 Å². The van der Waals surface area contributed by atoms with Crippen LogP contribution in [-0.4, -0.2) is 36.1 Å². The molecule has 31 heavy (non-hydrogen) atoms. The van der Waals surface area contributed by atoms with Crippen LogP contribution in [0.5, 0.6) is 17.2 Å². The van der Waals surface area contributed by atoms with E-state index in [9.17, 15) is 0 Å². The summed E-state index contributed by atoms with van der Waals surface area (Å²) >= 11 is 0. The summed E-state index contributed by atoms with van der Waals surface area (Å²) in [6, 6.07) is 15.1. The number of rotatable bonds is 9. The summed E-state index contributed by atoms with van der Waals surface area (Å²) in [5.41, 5.74) is 8.52. The second kappa shape index (κ2) is 12.0. The fourth-order valence-corrected chi connectivity index (χ4v) is 2.81. The normalized spacial score (nSPS) is 10.9. The van der Waals surface area contributed by atoms with Crippen molar-refractivity contribution in [1.82, 2.24) is 9.78 Å². The molecule has 0 atom stereocenters. The Morgan fingerprint density at radius 1 is 1.03 bits per heavy atom. The minimum Gasteiger partial charge on any atom is -0.497 e. The fourth-order valence-electron chi connectivity index (χ4n) is 2.81. The Hall–Kier alpha value is -2.95. The van der Waals surface area contributed by atoms with E-state index in [-0.39, 0.29) is 29.9 Å². The maximum atomic E-state index is 6.09. The van der Waals surface area contributed by atoms with Crippen LogP contribution < -0.4 is 25.3 Å². The third kappa shape index (κ3) is 6.78. The molecule has 0 bridgehead atoms. The van der Waals surface area contributed by atoms with Crippen LogP contribution in [0.15, 0.2) is 59.7 Å². The molecule has 0 amide bonds. The van der Waals surface area contributed by atoms with Gasteiger partial charge in [-0.2, -0.15) is 5.10 Å². The third-order valence-corrected chi connectivity index (χ3v) is 4.22. The van der Waals surface area contributed by atoms with Gasteiger partial charge in [0.25, 0.3) is 0 Å². The van der Waals surface area contributed by atoms with E-state index in [4.69, 9.17) is 19.9 Å². The van der Waals surface area contributed by atoms with E-state index < -0.39 is 0 Å². The molecule has 1 heterocycles. The molecular formula is C22H28IN5O3. The van der Waals surface area contributed by atoms with E-state index in [1.54, 1.807) is 11.8 Å². The second-order valence-electron chi connectivity index (χ2n) is 6.30. The predicted molar refractivity (Wildman–Crippen MR) is 133 cm³/mol. The first kappa shape index (κ1) is 24.3. The first-order valence-corrected chi connectivity index (χ1v) is 9.78. The van der Waals surface area contributed by atoms with Gasteiger partial charge in [0.1, 0.15) is 17.2 Å². The number of ether oxygens (including phenoxy) is 3. The summed E-state index contributed by atoms with van der Waals surface area (Å²) < 4.78 is 18.2. The number of aliphatic imine (C=N–C) groups is 1. The SMILES string of the molecule is CCOc1ccc(OCC)c(NC(N)=NCc2ccn(-c3ccc(OC)cc3)n2)c1.I. The summed E-state index contributed by atoms with van der Waals surface area (Å²) in [4.78, 5) is 4.39. The lowest BCUT2D eigenvalue weighted by atomic mass is 10.2. The van der Waals surface area contributed by atoms with Crippen LogP contribution in [0.25, 0.3) is 5.69 Å². The molecule has 3 aromatic rings. The van der Waals surface area contributed by atoms with Gasteiger partial charge in [-0.15, -0.1) is 24.0 Å². The van der Waals surface area contributed by atoms with Crippen LogP contribution in [0.4, 0.5) is 5.69 Å². The van der Waals surface area contributed by atoms with E-state index in [0.29, 0.717) is 31.2 Å². The molecular weight excluding hydrogens is 509 g/mol. The van der Waals surface area contributed by atoms with Crippen molar-refractivity contribution in [1.29, 1.82) is 0 Å². The van der Waals surface area contributed by atoms with Crippen LogP contribution >= 0.6 is 24.0 Å². The number of methoxy groups -OCH3 is 1. The van der Waals surface area contributed by atoms with Gasteiger partial charge in [0.05, 0.1) is 43.9 Å². The Labute approximate surface area is 199 Å². The molecule has 0 unspecified atom stereocenters. The number of nitrogens with one attached hydrogen (secondary N) is 1. The minimum atomic E-state index is 0. The van der Waals surface area contributed by atoms with E-state index in [0.717, 1.165) is 22.9 Å². The highest BCUT2D eigenvalue weighted by molar-refractivity contribution is 14.0. The highest BCUT2D eigenvalue weighted by Gasteiger charge is 2.08. The van der Waals surface area contributed by atoms with Crippen molar-refractivity contribution in [3.05, 3.63) is 60.4 Å². The molecule has 0 spiro atoms. The van der Waals surface area contributed by atoms with Crippen molar-refractivity contribution in [2.75, 3.05) is 25.6 Å². The highest BCUT2D eigenvalue weighted by atomic mass is 127. The Balaban J connectivity index is 0.00000341. The van der Waals surface area contributed by atoms with E-state index in [1.165, 1.54) is 0 Å². The maximum Gasteiger partial charge on any atom is 0.193 e. The molecule has 3 N–H and O–H groups in total. The minimum absolute atomic E-state index is 0. The summed E-state index contributed by atoms with van der Waals surface area (Å²) in [6.07, 6.45) is 1.88. The zero-order chi connectivity index (χ0) is 21.3. The number of nitrogens with zero attached hydrogens (tertiary/aromatic N) is 3. The monoisotopic (exact) mass is 537 g/mol. The predicted octanol–water partition coefficient (Wildman–Crippen LogP) is 4.22. The topological polar surface area (TPSA) is 95.9 Å². The van der Waals surface area contributed by atoms with Crippen LogP contribution in [0.3, 0.4) is 0 Å². The van der Waals surface area contributed by atoms with Gasteiger partial charge in [0.2, 0.25) is 0 Å². The number of guanidine groups is 1. The molecule has 166 valence electrons. The van der Waals surface area contributed by atoms with Crippen molar-refractivity contribution in [3.8, 4) is 22.9 Å². The van der Waals surface area contributed by atoms with Gasteiger partial charge >= 0.3 is 0 Å².